The van der Waals surface area contributed by atoms with Crippen molar-refractivity contribution in [3.8, 4) is 0 Å². The van der Waals surface area contributed by atoms with E-state index in [2.05, 4.69) is 44.4 Å². The molecule has 0 radical (unpaired) electrons. The van der Waals surface area contributed by atoms with Gasteiger partial charge in [0.2, 0.25) is 0 Å². The molecule has 0 saturated heterocycles. The highest BCUT2D eigenvalue weighted by Crippen LogP contribution is 2.36. The molecule has 2 aromatic rings. The van der Waals surface area contributed by atoms with E-state index in [1.54, 1.807) is 10.4 Å². The largest absolute Gasteiger partial charge is 0.271 e. The van der Waals surface area contributed by atoms with E-state index in [4.69, 9.17) is 5.84 Å². The number of hydrazine groups is 1. The second-order valence-electron chi connectivity index (χ2n) is 6.20. The molecular formula is C18H24N2S. The van der Waals surface area contributed by atoms with Crippen molar-refractivity contribution in [2.45, 2.75) is 52.5 Å². The fourth-order valence-corrected chi connectivity index (χ4v) is 4.61. The molecular weight excluding hydrogens is 276 g/mol. The predicted octanol–water partition coefficient (Wildman–Crippen LogP) is 4.10. The average Bonchev–Trinajstić information content (AvgIpc) is 2.88. The Kier molecular flexibility index (Phi) is 4.16. The average molecular weight is 300 g/mol. The van der Waals surface area contributed by atoms with Crippen LogP contribution in [0.4, 0.5) is 0 Å². The smallest absolute Gasteiger partial charge is 0.0805 e. The third-order valence-electron chi connectivity index (χ3n) is 4.66. The van der Waals surface area contributed by atoms with Crippen molar-refractivity contribution in [2.75, 3.05) is 0 Å². The van der Waals surface area contributed by atoms with Crippen molar-refractivity contribution >= 4 is 11.3 Å². The van der Waals surface area contributed by atoms with Crippen LogP contribution >= 0.6 is 11.3 Å². The van der Waals surface area contributed by atoms with Gasteiger partial charge in [0.15, 0.2) is 0 Å². The Labute approximate surface area is 131 Å². The molecule has 1 heterocycles. The molecule has 0 amide bonds. The zero-order valence-corrected chi connectivity index (χ0v) is 13.9. The fourth-order valence-electron chi connectivity index (χ4n) is 3.27. The van der Waals surface area contributed by atoms with Crippen LogP contribution in [0.3, 0.4) is 0 Å². The van der Waals surface area contributed by atoms with Crippen LogP contribution < -0.4 is 11.3 Å². The number of benzene rings is 1. The number of fused-ring (bicyclic) bond motifs is 1. The van der Waals surface area contributed by atoms with E-state index in [0.717, 1.165) is 0 Å². The van der Waals surface area contributed by atoms with Gasteiger partial charge >= 0.3 is 0 Å². The van der Waals surface area contributed by atoms with Gasteiger partial charge in [0.25, 0.3) is 0 Å². The van der Waals surface area contributed by atoms with Gasteiger partial charge in [-0.25, -0.2) is 5.43 Å². The Morgan fingerprint density at radius 3 is 2.43 bits per heavy atom. The van der Waals surface area contributed by atoms with Crippen molar-refractivity contribution in [1.82, 2.24) is 5.43 Å². The first-order valence-corrected chi connectivity index (χ1v) is 8.57. The number of hydrogen-bond donors (Lipinski definition) is 2. The lowest BCUT2D eigenvalue weighted by atomic mass is 9.94. The van der Waals surface area contributed by atoms with Crippen LogP contribution in [0.1, 0.15) is 56.5 Å². The SMILES string of the molecule is Cc1cc(C)c(C(NN)c2cc3c(s2)CCCC3)cc1C. The van der Waals surface area contributed by atoms with E-state index in [0.29, 0.717) is 0 Å². The number of nitrogens with two attached hydrogens (primary N) is 1. The Morgan fingerprint density at radius 1 is 1.00 bits per heavy atom. The molecule has 2 nitrogen and oxygen atoms in total. The van der Waals surface area contributed by atoms with Gasteiger partial charge in [0.1, 0.15) is 0 Å². The van der Waals surface area contributed by atoms with Crippen LogP contribution in [0.2, 0.25) is 0 Å². The number of hydrogen-bond acceptors (Lipinski definition) is 3. The second kappa shape index (κ2) is 5.91. The highest BCUT2D eigenvalue weighted by molar-refractivity contribution is 7.12. The molecule has 1 aliphatic carbocycles. The minimum absolute atomic E-state index is 0.111. The first-order valence-electron chi connectivity index (χ1n) is 7.75. The van der Waals surface area contributed by atoms with Crippen molar-refractivity contribution < 1.29 is 0 Å². The minimum Gasteiger partial charge on any atom is -0.271 e. The Bertz CT molecular complexity index is 634. The molecule has 21 heavy (non-hydrogen) atoms. The molecule has 112 valence electrons. The zero-order chi connectivity index (χ0) is 15.0. The van der Waals surface area contributed by atoms with Crippen LogP contribution in [0.15, 0.2) is 18.2 Å². The molecule has 1 aromatic heterocycles. The quantitative estimate of drug-likeness (QED) is 0.661. The van der Waals surface area contributed by atoms with E-state index >= 15 is 0 Å². The van der Waals surface area contributed by atoms with Gasteiger partial charge in [-0.05, 0) is 80.3 Å². The van der Waals surface area contributed by atoms with Crippen molar-refractivity contribution in [2.24, 2.45) is 5.84 Å². The van der Waals surface area contributed by atoms with Gasteiger partial charge in [-0.2, -0.15) is 0 Å². The third-order valence-corrected chi connectivity index (χ3v) is 5.96. The molecule has 0 spiro atoms. The maximum atomic E-state index is 5.91. The Hall–Kier alpha value is -1.16. The number of aryl methyl sites for hydroxylation is 5. The summed E-state index contributed by atoms with van der Waals surface area (Å²) in [6.45, 7) is 6.52. The number of thiophene rings is 1. The second-order valence-corrected chi connectivity index (χ2v) is 7.37. The maximum absolute atomic E-state index is 5.91. The van der Waals surface area contributed by atoms with E-state index in [1.807, 2.05) is 11.3 Å². The summed E-state index contributed by atoms with van der Waals surface area (Å²) in [7, 11) is 0. The lowest BCUT2D eigenvalue weighted by Crippen LogP contribution is -2.29. The summed E-state index contributed by atoms with van der Waals surface area (Å²) in [5, 5.41) is 0. The lowest BCUT2D eigenvalue weighted by molar-refractivity contribution is 0.641. The summed E-state index contributed by atoms with van der Waals surface area (Å²) in [5.41, 5.74) is 9.88. The van der Waals surface area contributed by atoms with Crippen molar-refractivity contribution in [3.05, 3.63) is 55.8 Å². The Balaban J connectivity index is 2.02. The van der Waals surface area contributed by atoms with E-state index < -0.39 is 0 Å². The van der Waals surface area contributed by atoms with Crippen LogP contribution in [0, 0.1) is 20.8 Å². The third kappa shape index (κ3) is 2.78. The highest BCUT2D eigenvalue weighted by atomic mass is 32.1. The molecule has 3 heteroatoms. The summed E-state index contributed by atoms with van der Waals surface area (Å²) in [5.74, 6) is 5.91. The lowest BCUT2D eigenvalue weighted by Gasteiger charge is -2.19. The van der Waals surface area contributed by atoms with Crippen LogP contribution in [-0.4, -0.2) is 0 Å². The van der Waals surface area contributed by atoms with E-state index in [1.165, 1.54) is 52.8 Å². The maximum Gasteiger partial charge on any atom is 0.0805 e. The summed E-state index contributed by atoms with van der Waals surface area (Å²) in [6, 6.07) is 7.04. The molecule has 0 saturated carbocycles. The first-order chi connectivity index (χ1) is 10.1. The monoisotopic (exact) mass is 300 g/mol. The number of nitrogens with one attached hydrogen (secondary N) is 1. The van der Waals surface area contributed by atoms with Gasteiger partial charge in [0.05, 0.1) is 6.04 Å². The molecule has 3 N–H and O–H groups in total. The Morgan fingerprint density at radius 2 is 1.71 bits per heavy atom. The van der Waals surface area contributed by atoms with Crippen LogP contribution in [-0.2, 0) is 12.8 Å². The van der Waals surface area contributed by atoms with E-state index in [-0.39, 0.29) is 6.04 Å². The zero-order valence-electron chi connectivity index (χ0n) is 13.1. The molecule has 0 bridgehead atoms. The summed E-state index contributed by atoms with van der Waals surface area (Å²) in [6.07, 6.45) is 5.13. The summed E-state index contributed by atoms with van der Waals surface area (Å²) >= 11 is 1.94. The first kappa shape index (κ1) is 14.8. The standard InChI is InChI=1S/C18H24N2S/c1-11-8-13(3)15(9-12(11)2)18(20-19)17-10-14-6-4-5-7-16(14)21-17/h8-10,18,20H,4-7,19H2,1-3H3. The highest BCUT2D eigenvalue weighted by Gasteiger charge is 2.21. The summed E-state index contributed by atoms with van der Waals surface area (Å²) in [4.78, 5) is 2.92. The molecule has 1 aliphatic rings. The van der Waals surface area contributed by atoms with Gasteiger partial charge in [-0.15, -0.1) is 11.3 Å². The summed E-state index contributed by atoms with van der Waals surface area (Å²) < 4.78 is 0. The topological polar surface area (TPSA) is 38.0 Å². The van der Waals surface area contributed by atoms with Gasteiger partial charge in [-0.3, -0.25) is 5.84 Å². The van der Waals surface area contributed by atoms with Crippen LogP contribution in [0.5, 0.6) is 0 Å². The molecule has 0 fully saturated rings. The van der Waals surface area contributed by atoms with Gasteiger partial charge in [0, 0.05) is 9.75 Å². The minimum atomic E-state index is 0.111. The molecule has 3 rings (SSSR count). The number of rotatable bonds is 3. The van der Waals surface area contributed by atoms with Crippen molar-refractivity contribution in [3.63, 3.8) is 0 Å². The molecule has 1 aromatic carbocycles. The molecule has 1 atom stereocenters. The van der Waals surface area contributed by atoms with E-state index in [9.17, 15) is 0 Å². The van der Waals surface area contributed by atoms with Crippen LogP contribution in [0.25, 0.3) is 0 Å². The molecule has 1 unspecified atom stereocenters. The van der Waals surface area contributed by atoms with Crippen molar-refractivity contribution in [1.29, 1.82) is 0 Å². The van der Waals surface area contributed by atoms with Gasteiger partial charge < -0.3 is 0 Å². The fraction of sp³-hybridized carbons (Fsp3) is 0.444. The predicted molar refractivity (Wildman–Crippen MR) is 90.8 cm³/mol. The molecule has 0 aliphatic heterocycles. The van der Waals surface area contributed by atoms with Gasteiger partial charge in [-0.1, -0.05) is 12.1 Å². The normalized spacial score (nSPS) is 15.8.